The van der Waals surface area contributed by atoms with Gasteiger partial charge >= 0.3 is 0 Å². The second-order valence-corrected chi connectivity index (χ2v) is 5.03. The predicted molar refractivity (Wildman–Crippen MR) is 77.7 cm³/mol. The summed E-state index contributed by atoms with van der Waals surface area (Å²) in [5, 5.41) is 11.9. The van der Waals surface area contributed by atoms with Gasteiger partial charge in [0.15, 0.2) is 5.82 Å². The van der Waals surface area contributed by atoms with E-state index >= 15 is 0 Å². The first-order valence-electron chi connectivity index (χ1n) is 6.95. The number of nitrogens with zero attached hydrogens (tertiary/aromatic N) is 6. The minimum Gasteiger partial charge on any atom is -0.340 e. The van der Waals surface area contributed by atoms with Gasteiger partial charge in [-0.2, -0.15) is 4.98 Å². The van der Waals surface area contributed by atoms with Crippen molar-refractivity contribution in [1.29, 1.82) is 0 Å². The molecular formula is C14H16N6O2. The first kappa shape index (κ1) is 14.2. The lowest BCUT2D eigenvalue weighted by Gasteiger charge is -2.14. The molecule has 0 unspecified atom stereocenters. The van der Waals surface area contributed by atoms with Gasteiger partial charge in [0, 0.05) is 20.4 Å². The number of hydrogen-bond donors (Lipinski definition) is 0. The normalized spacial score (nSPS) is 11.0. The van der Waals surface area contributed by atoms with Crippen molar-refractivity contribution in [1.82, 2.24) is 30.0 Å². The zero-order chi connectivity index (χ0) is 15.5. The molecule has 3 rings (SSSR count). The van der Waals surface area contributed by atoms with E-state index in [4.69, 9.17) is 4.52 Å². The molecule has 0 aliphatic rings. The maximum atomic E-state index is 12.2. The number of aromatic nitrogens is 5. The molecule has 22 heavy (non-hydrogen) atoms. The number of amides is 1. The molecule has 0 bridgehead atoms. The first-order chi connectivity index (χ1) is 10.6. The van der Waals surface area contributed by atoms with E-state index < -0.39 is 0 Å². The second kappa shape index (κ2) is 5.92. The Bertz CT molecular complexity index is 793. The Morgan fingerprint density at radius 1 is 1.36 bits per heavy atom. The van der Waals surface area contributed by atoms with Crippen LogP contribution in [-0.2, 0) is 17.9 Å². The van der Waals surface area contributed by atoms with Gasteiger partial charge in [0.25, 0.3) is 0 Å². The summed E-state index contributed by atoms with van der Waals surface area (Å²) in [6.07, 6.45) is 0.334. The fourth-order valence-corrected chi connectivity index (χ4v) is 2.18. The third kappa shape index (κ3) is 2.95. The summed E-state index contributed by atoms with van der Waals surface area (Å²) >= 11 is 0. The van der Waals surface area contributed by atoms with E-state index in [1.54, 1.807) is 23.6 Å². The lowest BCUT2D eigenvalue weighted by atomic mass is 10.3. The second-order valence-electron chi connectivity index (χ2n) is 5.03. The Hall–Kier alpha value is -2.77. The van der Waals surface area contributed by atoms with Crippen LogP contribution in [0.25, 0.3) is 11.0 Å². The molecule has 0 aliphatic carbocycles. The van der Waals surface area contributed by atoms with Gasteiger partial charge in [-0.05, 0) is 12.1 Å². The van der Waals surface area contributed by atoms with Crippen LogP contribution in [-0.4, -0.2) is 43.0 Å². The number of fused-ring (bicyclic) bond motifs is 1. The van der Waals surface area contributed by atoms with Crippen LogP contribution in [0, 0.1) is 6.92 Å². The third-order valence-corrected chi connectivity index (χ3v) is 3.33. The fourth-order valence-electron chi connectivity index (χ4n) is 2.18. The highest BCUT2D eigenvalue weighted by molar-refractivity contribution is 5.76. The van der Waals surface area contributed by atoms with E-state index in [2.05, 4.69) is 20.5 Å². The van der Waals surface area contributed by atoms with Crippen LogP contribution in [0.3, 0.4) is 0 Å². The van der Waals surface area contributed by atoms with Gasteiger partial charge in [0.2, 0.25) is 11.8 Å². The maximum absolute atomic E-state index is 12.2. The molecule has 8 heteroatoms. The molecule has 0 atom stereocenters. The molecule has 8 nitrogen and oxygen atoms in total. The number of aryl methyl sites for hydroxylation is 2. The quantitative estimate of drug-likeness (QED) is 0.702. The summed E-state index contributed by atoms with van der Waals surface area (Å²) in [6, 6.07) is 7.67. The molecule has 0 aliphatic heterocycles. The number of carbonyl (C=O) groups is 1. The Balaban J connectivity index is 1.59. The Labute approximate surface area is 126 Å². The molecule has 0 fully saturated rings. The standard InChI is InChI=1S/C14H16N6O2/c1-10-15-13(17-22-10)9-19(2)14(21)7-8-20-12-6-4-3-5-11(12)16-18-20/h3-6H,7-9H2,1-2H3. The van der Waals surface area contributed by atoms with Gasteiger partial charge < -0.3 is 9.42 Å². The molecule has 2 aromatic heterocycles. The van der Waals surface area contributed by atoms with Crippen molar-refractivity contribution in [2.45, 2.75) is 26.4 Å². The van der Waals surface area contributed by atoms with Crippen molar-refractivity contribution in [2.24, 2.45) is 0 Å². The molecule has 0 radical (unpaired) electrons. The molecule has 3 aromatic rings. The minimum absolute atomic E-state index is 0.0120. The minimum atomic E-state index is -0.0120. The van der Waals surface area contributed by atoms with Crippen molar-refractivity contribution in [2.75, 3.05) is 7.05 Å². The number of benzene rings is 1. The molecule has 1 amide bonds. The van der Waals surface area contributed by atoms with Crippen LogP contribution < -0.4 is 0 Å². The highest BCUT2D eigenvalue weighted by Crippen LogP contribution is 2.10. The zero-order valence-electron chi connectivity index (χ0n) is 12.4. The number of rotatable bonds is 5. The van der Waals surface area contributed by atoms with Gasteiger partial charge in [0.1, 0.15) is 5.52 Å². The number of carbonyl (C=O) groups excluding carboxylic acids is 1. The smallest absolute Gasteiger partial charge is 0.224 e. The summed E-state index contributed by atoms with van der Waals surface area (Å²) in [6.45, 7) is 2.53. The number of para-hydroxylation sites is 1. The van der Waals surface area contributed by atoms with E-state index in [1.165, 1.54) is 0 Å². The van der Waals surface area contributed by atoms with Gasteiger partial charge in [-0.3, -0.25) is 4.79 Å². The van der Waals surface area contributed by atoms with Crippen LogP contribution in [0.4, 0.5) is 0 Å². The van der Waals surface area contributed by atoms with E-state index in [0.29, 0.717) is 31.2 Å². The first-order valence-corrected chi connectivity index (χ1v) is 6.95. The topological polar surface area (TPSA) is 89.9 Å². The van der Waals surface area contributed by atoms with Crippen LogP contribution in [0.5, 0.6) is 0 Å². The number of hydrogen-bond acceptors (Lipinski definition) is 6. The highest BCUT2D eigenvalue weighted by Gasteiger charge is 2.13. The highest BCUT2D eigenvalue weighted by atomic mass is 16.5. The van der Waals surface area contributed by atoms with Crippen LogP contribution in [0.2, 0.25) is 0 Å². The summed E-state index contributed by atoms with van der Waals surface area (Å²) in [4.78, 5) is 17.8. The summed E-state index contributed by atoms with van der Waals surface area (Å²) in [5.74, 6) is 0.978. The largest absolute Gasteiger partial charge is 0.340 e. The monoisotopic (exact) mass is 300 g/mol. The third-order valence-electron chi connectivity index (χ3n) is 3.33. The molecule has 0 saturated carbocycles. The van der Waals surface area contributed by atoms with E-state index in [0.717, 1.165) is 11.0 Å². The maximum Gasteiger partial charge on any atom is 0.224 e. The molecular weight excluding hydrogens is 284 g/mol. The van der Waals surface area contributed by atoms with E-state index in [9.17, 15) is 4.79 Å². The van der Waals surface area contributed by atoms with Crippen molar-refractivity contribution < 1.29 is 9.32 Å². The van der Waals surface area contributed by atoms with Crippen LogP contribution in [0.15, 0.2) is 28.8 Å². The molecule has 0 spiro atoms. The van der Waals surface area contributed by atoms with Crippen molar-refractivity contribution in [3.8, 4) is 0 Å². The lowest BCUT2D eigenvalue weighted by molar-refractivity contribution is -0.130. The van der Waals surface area contributed by atoms with Crippen molar-refractivity contribution in [3.05, 3.63) is 36.0 Å². The molecule has 1 aromatic carbocycles. The predicted octanol–water partition coefficient (Wildman–Crippen LogP) is 1.17. The van der Waals surface area contributed by atoms with Gasteiger partial charge in [0.05, 0.1) is 18.6 Å². The SMILES string of the molecule is Cc1nc(CN(C)C(=O)CCn2nnc3ccccc32)no1. The van der Waals surface area contributed by atoms with Crippen molar-refractivity contribution in [3.63, 3.8) is 0 Å². The summed E-state index contributed by atoms with van der Waals surface area (Å²) in [5.41, 5.74) is 1.75. The van der Waals surface area contributed by atoms with E-state index in [-0.39, 0.29) is 5.91 Å². The van der Waals surface area contributed by atoms with Gasteiger partial charge in [-0.1, -0.05) is 22.5 Å². The molecule has 114 valence electrons. The Morgan fingerprint density at radius 2 is 2.18 bits per heavy atom. The summed E-state index contributed by atoms with van der Waals surface area (Å²) in [7, 11) is 1.72. The summed E-state index contributed by atoms with van der Waals surface area (Å²) < 4.78 is 6.63. The van der Waals surface area contributed by atoms with E-state index in [1.807, 2.05) is 24.3 Å². The Morgan fingerprint density at radius 3 is 2.95 bits per heavy atom. The Kier molecular flexibility index (Phi) is 3.82. The van der Waals surface area contributed by atoms with Gasteiger partial charge in [-0.15, -0.1) is 5.10 Å². The lowest BCUT2D eigenvalue weighted by Crippen LogP contribution is -2.27. The average molecular weight is 300 g/mol. The van der Waals surface area contributed by atoms with Crippen LogP contribution in [0.1, 0.15) is 18.1 Å². The molecule has 0 N–H and O–H groups in total. The zero-order valence-corrected chi connectivity index (χ0v) is 12.4. The van der Waals surface area contributed by atoms with Crippen molar-refractivity contribution >= 4 is 16.9 Å². The van der Waals surface area contributed by atoms with Gasteiger partial charge in [-0.25, -0.2) is 4.68 Å². The fraction of sp³-hybridized carbons (Fsp3) is 0.357. The van der Waals surface area contributed by atoms with Crippen LogP contribution >= 0.6 is 0 Å². The average Bonchev–Trinajstić information content (AvgIpc) is 3.11. The molecule has 2 heterocycles. The molecule has 0 saturated heterocycles.